The van der Waals surface area contributed by atoms with Gasteiger partial charge in [-0.25, -0.2) is 8.42 Å². The molecule has 4 nitrogen and oxygen atoms in total. The van der Waals surface area contributed by atoms with E-state index in [1.165, 1.54) is 0 Å². The Hall–Kier alpha value is -0.720. The van der Waals surface area contributed by atoms with Gasteiger partial charge in [0.25, 0.3) is 0 Å². The average molecular weight is 331 g/mol. The number of nitrogen functional groups attached to an aromatic ring is 1. The molecule has 0 bridgehead atoms. The fourth-order valence-electron chi connectivity index (χ4n) is 1.95. The monoisotopic (exact) mass is 330 g/mol. The second-order valence-corrected chi connectivity index (χ2v) is 9.00. The molecule has 0 aliphatic rings. The van der Waals surface area contributed by atoms with E-state index in [4.69, 9.17) is 5.73 Å². The van der Waals surface area contributed by atoms with Gasteiger partial charge in [0.1, 0.15) is 0 Å². The summed E-state index contributed by atoms with van der Waals surface area (Å²) in [5.74, 6) is 1.03. The minimum absolute atomic E-state index is 0.000997. The lowest BCUT2D eigenvalue weighted by atomic mass is 10.2. The largest absolute Gasteiger partial charge is 0.399 e. The zero-order valence-electron chi connectivity index (χ0n) is 13.2. The number of benzene rings is 1. The fraction of sp³-hybridized carbons (Fsp3) is 0.600. The molecule has 1 aromatic carbocycles. The van der Waals surface area contributed by atoms with Crippen LogP contribution in [0.4, 0.5) is 5.69 Å². The molecule has 6 heteroatoms. The molecule has 0 heterocycles. The molecule has 0 aromatic heterocycles. The lowest BCUT2D eigenvalue weighted by Crippen LogP contribution is -2.41. The van der Waals surface area contributed by atoms with Gasteiger partial charge in [0.2, 0.25) is 10.0 Å². The summed E-state index contributed by atoms with van der Waals surface area (Å²) < 4.78 is 26.5. The van der Waals surface area contributed by atoms with Gasteiger partial charge in [0.15, 0.2) is 0 Å². The van der Waals surface area contributed by atoms with Gasteiger partial charge < -0.3 is 5.73 Å². The van der Waals surface area contributed by atoms with Crippen molar-refractivity contribution in [1.82, 2.24) is 4.31 Å². The van der Waals surface area contributed by atoms with Gasteiger partial charge in [-0.15, -0.1) is 11.8 Å². The highest BCUT2D eigenvalue weighted by Gasteiger charge is 2.25. The number of nitrogens with zero attached hydrogens (tertiary/aromatic N) is 1. The molecular formula is C15H26N2O2S2. The second kappa shape index (κ2) is 8.06. The van der Waals surface area contributed by atoms with Gasteiger partial charge in [0, 0.05) is 28.9 Å². The Morgan fingerprint density at radius 1 is 1.14 bits per heavy atom. The fourth-order valence-corrected chi connectivity index (χ4v) is 5.09. The van der Waals surface area contributed by atoms with Crippen LogP contribution in [0.15, 0.2) is 29.2 Å². The maximum atomic E-state index is 12.4. The SMILES string of the molecule is CC(C)CN(C(C)C)S(=O)(=O)CCSc1ccc(N)cc1. The smallest absolute Gasteiger partial charge is 0.215 e. The van der Waals surface area contributed by atoms with E-state index >= 15 is 0 Å². The van der Waals surface area contributed by atoms with E-state index in [1.54, 1.807) is 16.1 Å². The summed E-state index contributed by atoms with van der Waals surface area (Å²) in [6.45, 7) is 8.49. The first-order valence-electron chi connectivity index (χ1n) is 7.20. The van der Waals surface area contributed by atoms with Crippen LogP contribution in [0, 0.1) is 5.92 Å². The third-order valence-corrected chi connectivity index (χ3v) is 6.25. The van der Waals surface area contributed by atoms with Crippen LogP contribution in [-0.4, -0.2) is 36.8 Å². The molecule has 0 amide bonds. The number of hydrogen-bond donors (Lipinski definition) is 1. The van der Waals surface area contributed by atoms with E-state index < -0.39 is 10.0 Å². The molecule has 120 valence electrons. The van der Waals surface area contributed by atoms with Gasteiger partial charge in [-0.1, -0.05) is 13.8 Å². The number of rotatable bonds is 8. The molecule has 0 atom stereocenters. The van der Waals surface area contributed by atoms with E-state index in [0.717, 1.165) is 10.6 Å². The third-order valence-electron chi connectivity index (χ3n) is 2.97. The Balaban J connectivity index is 2.60. The quantitative estimate of drug-likeness (QED) is 0.588. The molecule has 0 saturated heterocycles. The summed E-state index contributed by atoms with van der Waals surface area (Å²) >= 11 is 1.54. The molecule has 0 unspecified atom stereocenters. The van der Waals surface area contributed by atoms with Gasteiger partial charge in [0.05, 0.1) is 5.75 Å². The molecular weight excluding hydrogens is 304 g/mol. The molecule has 21 heavy (non-hydrogen) atoms. The van der Waals surface area contributed by atoms with Crippen molar-refractivity contribution in [2.45, 2.75) is 38.6 Å². The number of thioether (sulfide) groups is 1. The van der Waals surface area contributed by atoms with Gasteiger partial charge in [-0.05, 0) is 44.0 Å². The molecule has 1 aromatic rings. The summed E-state index contributed by atoms with van der Waals surface area (Å²) in [6, 6.07) is 7.49. The van der Waals surface area contributed by atoms with Crippen LogP contribution in [0.1, 0.15) is 27.7 Å². The molecule has 0 spiro atoms. The van der Waals surface area contributed by atoms with Crippen molar-refractivity contribution in [2.24, 2.45) is 5.92 Å². The molecule has 0 fully saturated rings. The summed E-state index contributed by atoms with van der Waals surface area (Å²) in [6.07, 6.45) is 0. The molecule has 2 N–H and O–H groups in total. The predicted molar refractivity (Wildman–Crippen MR) is 92.0 cm³/mol. The van der Waals surface area contributed by atoms with Crippen LogP contribution in [0.3, 0.4) is 0 Å². The maximum Gasteiger partial charge on any atom is 0.215 e. The van der Waals surface area contributed by atoms with Gasteiger partial charge in [-0.3, -0.25) is 0 Å². The van der Waals surface area contributed by atoms with E-state index in [0.29, 0.717) is 18.2 Å². The first kappa shape index (κ1) is 18.3. The minimum Gasteiger partial charge on any atom is -0.399 e. The van der Waals surface area contributed by atoms with Crippen LogP contribution in [0.5, 0.6) is 0 Å². The van der Waals surface area contributed by atoms with Crippen molar-refractivity contribution < 1.29 is 8.42 Å². The van der Waals surface area contributed by atoms with Gasteiger partial charge >= 0.3 is 0 Å². The number of hydrogen-bond acceptors (Lipinski definition) is 4. The maximum absolute atomic E-state index is 12.4. The van der Waals surface area contributed by atoms with E-state index in [2.05, 4.69) is 0 Å². The Bertz CT molecular complexity index is 525. The summed E-state index contributed by atoms with van der Waals surface area (Å²) in [5.41, 5.74) is 6.35. The first-order chi connectivity index (χ1) is 9.72. The number of sulfonamides is 1. The lowest BCUT2D eigenvalue weighted by Gasteiger charge is -2.27. The zero-order valence-corrected chi connectivity index (χ0v) is 14.9. The summed E-state index contributed by atoms with van der Waals surface area (Å²) in [4.78, 5) is 1.04. The van der Waals surface area contributed by atoms with Crippen LogP contribution in [0.25, 0.3) is 0 Å². The highest BCUT2D eigenvalue weighted by Crippen LogP contribution is 2.20. The molecule has 0 saturated carbocycles. The van der Waals surface area contributed by atoms with Crippen molar-refractivity contribution in [1.29, 1.82) is 0 Å². The van der Waals surface area contributed by atoms with Crippen LogP contribution >= 0.6 is 11.8 Å². The standard InChI is InChI=1S/C15H26N2O2S2/c1-12(2)11-17(13(3)4)21(18,19)10-9-20-15-7-5-14(16)6-8-15/h5-8,12-13H,9-11,16H2,1-4H3. The average Bonchev–Trinajstić information content (AvgIpc) is 2.37. The van der Waals surface area contributed by atoms with E-state index in [-0.39, 0.29) is 11.8 Å². The molecule has 0 radical (unpaired) electrons. The molecule has 0 aliphatic carbocycles. The van der Waals surface area contributed by atoms with Crippen molar-refractivity contribution in [3.63, 3.8) is 0 Å². The Kier molecular flexibility index (Phi) is 7.03. The first-order valence-corrected chi connectivity index (χ1v) is 9.79. The van der Waals surface area contributed by atoms with E-state index in [9.17, 15) is 8.42 Å². The normalized spacial score (nSPS) is 12.5. The topological polar surface area (TPSA) is 63.4 Å². The highest BCUT2D eigenvalue weighted by atomic mass is 32.2. The number of nitrogens with two attached hydrogens (primary N) is 1. The third kappa shape index (κ3) is 6.28. The predicted octanol–water partition coefficient (Wildman–Crippen LogP) is 3.06. The Morgan fingerprint density at radius 3 is 2.19 bits per heavy atom. The van der Waals surface area contributed by atoms with Gasteiger partial charge in [-0.2, -0.15) is 4.31 Å². The van der Waals surface area contributed by atoms with Crippen LogP contribution < -0.4 is 5.73 Å². The Morgan fingerprint density at radius 2 is 1.71 bits per heavy atom. The van der Waals surface area contributed by atoms with E-state index in [1.807, 2.05) is 52.0 Å². The van der Waals surface area contributed by atoms with Crippen LogP contribution in [-0.2, 0) is 10.0 Å². The second-order valence-electron chi connectivity index (χ2n) is 5.79. The number of anilines is 1. The lowest BCUT2D eigenvalue weighted by molar-refractivity contribution is 0.319. The molecule has 0 aliphatic heterocycles. The van der Waals surface area contributed by atoms with Crippen LogP contribution in [0.2, 0.25) is 0 Å². The summed E-state index contributed by atoms with van der Waals surface area (Å²) in [7, 11) is -3.21. The molecule has 1 rings (SSSR count). The zero-order chi connectivity index (χ0) is 16.0. The van der Waals surface area contributed by atoms with Crippen molar-refractivity contribution in [2.75, 3.05) is 23.8 Å². The Labute approximate surface area is 133 Å². The highest BCUT2D eigenvalue weighted by molar-refractivity contribution is 8.00. The minimum atomic E-state index is -3.21. The summed E-state index contributed by atoms with van der Waals surface area (Å²) in [5, 5.41) is 0. The van der Waals surface area contributed by atoms with Crippen molar-refractivity contribution in [3.05, 3.63) is 24.3 Å². The van der Waals surface area contributed by atoms with Crippen molar-refractivity contribution in [3.8, 4) is 0 Å². The van der Waals surface area contributed by atoms with Crippen molar-refractivity contribution >= 4 is 27.5 Å².